The molecule has 2 nitrogen and oxygen atoms in total. The zero-order valence-electron chi connectivity index (χ0n) is 16.3. The van der Waals surface area contributed by atoms with Gasteiger partial charge in [0.05, 0.1) is 5.69 Å². The molecule has 4 rings (SSSR count). The van der Waals surface area contributed by atoms with Gasteiger partial charge < -0.3 is 4.74 Å². The molecule has 0 aliphatic carbocycles. The minimum absolute atomic E-state index is 0.474. The molecule has 0 atom stereocenters. The number of benzene rings is 4. The second-order valence-corrected chi connectivity index (χ2v) is 7.33. The maximum atomic E-state index is 6.16. The summed E-state index contributed by atoms with van der Waals surface area (Å²) in [6.07, 6.45) is 2.93. The molecular weight excluding hydrogens is 378 g/mol. The normalized spacial score (nSPS) is 11.2. The Balaban J connectivity index is 1.66. The molecule has 0 aliphatic heterocycles. The van der Waals surface area contributed by atoms with Gasteiger partial charge in [0.25, 0.3) is 0 Å². The smallest absolute Gasteiger partial charge is 0.129 e. The molecule has 29 heavy (non-hydrogen) atoms. The molecule has 0 saturated heterocycles. The van der Waals surface area contributed by atoms with Crippen LogP contribution in [0.4, 0.5) is 5.69 Å². The first kappa shape index (κ1) is 19.2. The standard InChI is InChI=1S/C26H22ClNO/c1-2-19-9-14-23(15-10-19)28-17-25-24-6-4-3-5-21(24)11-16-26(25)29-18-20-7-12-22(27)13-8-20/h3-17H,2,18H2,1H3. The zero-order valence-corrected chi connectivity index (χ0v) is 17.1. The lowest BCUT2D eigenvalue weighted by Gasteiger charge is -2.12. The number of hydrogen-bond acceptors (Lipinski definition) is 2. The Kier molecular flexibility index (Phi) is 5.92. The predicted molar refractivity (Wildman–Crippen MR) is 123 cm³/mol. The molecule has 0 aromatic heterocycles. The monoisotopic (exact) mass is 399 g/mol. The highest BCUT2D eigenvalue weighted by Gasteiger charge is 2.08. The Morgan fingerprint density at radius 1 is 0.828 bits per heavy atom. The van der Waals surface area contributed by atoms with Gasteiger partial charge in [-0.25, -0.2) is 0 Å². The maximum absolute atomic E-state index is 6.16. The number of hydrogen-bond donors (Lipinski definition) is 0. The highest BCUT2D eigenvalue weighted by molar-refractivity contribution is 6.30. The van der Waals surface area contributed by atoms with Gasteiger partial charge in [-0.2, -0.15) is 0 Å². The van der Waals surface area contributed by atoms with Crippen LogP contribution in [0.1, 0.15) is 23.6 Å². The topological polar surface area (TPSA) is 21.6 Å². The van der Waals surface area contributed by atoms with Gasteiger partial charge in [0, 0.05) is 16.8 Å². The average molecular weight is 400 g/mol. The van der Waals surface area contributed by atoms with Crippen molar-refractivity contribution >= 4 is 34.3 Å². The van der Waals surface area contributed by atoms with E-state index in [1.807, 2.05) is 48.7 Å². The fourth-order valence-corrected chi connectivity index (χ4v) is 3.36. The van der Waals surface area contributed by atoms with Crippen LogP contribution in [-0.2, 0) is 13.0 Å². The molecule has 3 heteroatoms. The Morgan fingerprint density at radius 3 is 2.31 bits per heavy atom. The van der Waals surface area contributed by atoms with Crippen molar-refractivity contribution in [3.63, 3.8) is 0 Å². The Bertz CT molecular complexity index is 1130. The van der Waals surface area contributed by atoms with Gasteiger partial charge in [-0.15, -0.1) is 0 Å². The summed E-state index contributed by atoms with van der Waals surface area (Å²) in [5, 5.41) is 3.01. The molecule has 0 bridgehead atoms. The fraction of sp³-hybridized carbons (Fsp3) is 0.115. The third-order valence-electron chi connectivity index (χ3n) is 4.93. The number of ether oxygens (including phenoxy) is 1. The third kappa shape index (κ3) is 4.67. The summed E-state index contributed by atoms with van der Waals surface area (Å²) < 4.78 is 6.16. The van der Waals surface area contributed by atoms with Crippen molar-refractivity contribution in [3.8, 4) is 5.75 Å². The van der Waals surface area contributed by atoms with E-state index in [2.05, 4.69) is 49.4 Å². The number of nitrogens with zero attached hydrogens (tertiary/aromatic N) is 1. The number of rotatable bonds is 6. The lowest BCUT2D eigenvalue weighted by atomic mass is 10.0. The van der Waals surface area contributed by atoms with Gasteiger partial charge in [-0.1, -0.05) is 73.1 Å². The fourth-order valence-electron chi connectivity index (χ4n) is 3.23. The molecule has 0 aliphatic rings. The van der Waals surface area contributed by atoms with Gasteiger partial charge in [0.1, 0.15) is 12.4 Å². The van der Waals surface area contributed by atoms with Crippen LogP contribution in [0, 0.1) is 0 Å². The van der Waals surface area contributed by atoms with Gasteiger partial charge in [-0.05, 0) is 58.7 Å². The number of aryl methyl sites for hydroxylation is 1. The minimum atomic E-state index is 0.474. The van der Waals surface area contributed by atoms with E-state index < -0.39 is 0 Å². The summed E-state index contributed by atoms with van der Waals surface area (Å²) in [7, 11) is 0. The summed E-state index contributed by atoms with van der Waals surface area (Å²) in [5.41, 5.74) is 4.29. The van der Waals surface area contributed by atoms with Gasteiger partial charge in [0.15, 0.2) is 0 Å². The first-order valence-electron chi connectivity index (χ1n) is 9.75. The van der Waals surface area contributed by atoms with Crippen LogP contribution in [-0.4, -0.2) is 6.21 Å². The second-order valence-electron chi connectivity index (χ2n) is 6.89. The molecule has 0 amide bonds. The Hall–Kier alpha value is -3.10. The van der Waals surface area contributed by atoms with E-state index in [1.165, 1.54) is 5.56 Å². The van der Waals surface area contributed by atoms with Crippen LogP contribution in [0.5, 0.6) is 5.75 Å². The molecule has 0 heterocycles. The SMILES string of the molecule is CCc1ccc(N=Cc2c(OCc3ccc(Cl)cc3)ccc3ccccc23)cc1. The van der Waals surface area contributed by atoms with Gasteiger partial charge >= 0.3 is 0 Å². The van der Waals surface area contributed by atoms with Crippen molar-refractivity contribution in [2.24, 2.45) is 4.99 Å². The van der Waals surface area contributed by atoms with Gasteiger partial charge in [-0.3, -0.25) is 4.99 Å². The summed E-state index contributed by atoms with van der Waals surface area (Å²) in [6, 6.07) is 28.4. The van der Waals surface area contributed by atoms with E-state index in [9.17, 15) is 0 Å². The largest absolute Gasteiger partial charge is 0.488 e. The van der Waals surface area contributed by atoms with Crippen LogP contribution in [0.15, 0.2) is 89.9 Å². The van der Waals surface area contributed by atoms with Crippen LogP contribution >= 0.6 is 11.6 Å². The first-order chi connectivity index (χ1) is 14.2. The van der Waals surface area contributed by atoms with E-state index >= 15 is 0 Å². The summed E-state index contributed by atoms with van der Waals surface area (Å²) in [4.78, 5) is 4.71. The van der Waals surface area contributed by atoms with Crippen molar-refractivity contribution in [3.05, 3.63) is 107 Å². The Morgan fingerprint density at radius 2 is 1.55 bits per heavy atom. The van der Waals surface area contributed by atoms with Gasteiger partial charge in [0.2, 0.25) is 0 Å². The molecule has 0 spiro atoms. The molecule has 0 saturated carbocycles. The molecule has 0 unspecified atom stereocenters. The highest BCUT2D eigenvalue weighted by Crippen LogP contribution is 2.28. The van der Waals surface area contributed by atoms with Crippen molar-refractivity contribution < 1.29 is 4.74 Å². The third-order valence-corrected chi connectivity index (χ3v) is 5.18. The number of halogens is 1. The highest BCUT2D eigenvalue weighted by atomic mass is 35.5. The quantitative estimate of drug-likeness (QED) is 0.310. The predicted octanol–water partition coefficient (Wildman–Crippen LogP) is 7.39. The molecule has 4 aromatic rings. The lowest BCUT2D eigenvalue weighted by Crippen LogP contribution is -1.99. The van der Waals surface area contributed by atoms with Crippen molar-refractivity contribution in [2.45, 2.75) is 20.0 Å². The minimum Gasteiger partial charge on any atom is -0.488 e. The van der Waals surface area contributed by atoms with Crippen molar-refractivity contribution in [2.75, 3.05) is 0 Å². The first-order valence-corrected chi connectivity index (χ1v) is 10.1. The van der Waals surface area contributed by atoms with E-state index in [0.29, 0.717) is 6.61 Å². The molecule has 0 N–H and O–H groups in total. The molecule has 0 fully saturated rings. The van der Waals surface area contributed by atoms with Crippen LogP contribution in [0.25, 0.3) is 10.8 Å². The van der Waals surface area contributed by atoms with Crippen LogP contribution < -0.4 is 4.74 Å². The van der Waals surface area contributed by atoms with Crippen LogP contribution in [0.3, 0.4) is 0 Å². The summed E-state index contributed by atoms with van der Waals surface area (Å²) in [5.74, 6) is 0.813. The number of fused-ring (bicyclic) bond motifs is 1. The summed E-state index contributed by atoms with van der Waals surface area (Å²) in [6.45, 7) is 2.63. The molecular formula is C26H22ClNO. The van der Waals surface area contributed by atoms with Crippen molar-refractivity contribution in [1.82, 2.24) is 0 Å². The Labute approximate surface area is 176 Å². The lowest BCUT2D eigenvalue weighted by molar-refractivity contribution is 0.306. The van der Waals surface area contributed by atoms with E-state index in [-0.39, 0.29) is 0 Å². The van der Waals surface area contributed by atoms with Crippen LogP contribution in [0.2, 0.25) is 5.02 Å². The maximum Gasteiger partial charge on any atom is 0.129 e. The van der Waals surface area contributed by atoms with E-state index in [1.54, 1.807) is 0 Å². The average Bonchev–Trinajstić information content (AvgIpc) is 2.78. The molecule has 4 aromatic carbocycles. The molecule has 0 radical (unpaired) electrons. The molecule has 144 valence electrons. The second kappa shape index (κ2) is 8.93. The van der Waals surface area contributed by atoms with E-state index in [4.69, 9.17) is 21.3 Å². The van der Waals surface area contributed by atoms with E-state index in [0.717, 1.165) is 44.8 Å². The summed E-state index contributed by atoms with van der Waals surface area (Å²) >= 11 is 5.98. The zero-order chi connectivity index (χ0) is 20.1. The van der Waals surface area contributed by atoms with Crippen molar-refractivity contribution in [1.29, 1.82) is 0 Å². The number of aliphatic imine (C=N–C) groups is 1.